The van der Waals surface area contributed by atoms with Crippen molar-refractivity contribution in [2.75, 3.05) is 39.3 Å². The van der Waals surface area contributed by atoms with Crippen LogP contribution in [0.1, 0.15) is 94.1 Å². The largest absolute Gasteiger partial charge is 0.496 e. The summed E-state index contributed by atoms with van der Waals surface area (Å²) < 4.78 is 6.15. The van der Waals surface area contributed by atoms with Gasteiger partial charge in [0, 0.05) is 55.0 Å². The number of hydrogen-bond donors (Lipinski definition) is 3. The van der Waals surface area contributed by atoms with Crippen molar-refractivity contribution in [3.8, 4) is 16.9 Å². The minimum absolute atomic E-state index is 0.0340. The van der Waals surface area contributed by atoms with E-state index in [1.807, 2.05) is 49.3 Å². The summed E-state index contributed by atoms with van der Waals surface area (Å²) in [5.41, 5.74) is 5.79. The Labute approximate surface area is 334 Å². The molecule has 0 unspecified atom stereocenters. The molecule has 8 rings (SSSR count). The normalized spacial score (nSPS) is 29.5. The first-order valence-corrected chi connectivity index (χ1v) is 21.0. The number of carbonyl (C=O) groups is 2. The lowest BCUT2D eigenvalue weighted by atomic mass is 9.45. The Balaban J connectivity index is 1.11. The van der Waals surface area contributed by atoms with E-state index in [1.54, 1.807) is 12.2 Å². The number of nitrogens with zero attached hydrogens (tertiary/aromatic N) is 2. The molecule has 0 radical (unpaired) electrons. The summed E-state index contributed by atoms with van der Waals surface area (Å²) in [5.74, 6) is 3.08. The van der Waals surface area contributed by atoms with Crippen LogP contribution in [0.2, 0.25) is 0 Å². The molecular formula is C47H64N4O5. The number of rotatable bonds is 13. The zero-order chi connectivity index (χ0) is 39.9. The topological polar surface area (TPSA) is 103 Å². The molecule has 2 amide bonds. The second kappa shape index (κ2) is 16.5. The van der Waals surface area contributed by atoms with Crippen LogP contribution in [0.25, 0.3) is 11.1 Å². The van der Waals surface area contributed by atoms with E-state index in [4.69, 9.17) is 9.57 Å². The van der Waals surface area contributed by atoms with Gasteiger partial charge in [-0.25, -0.2) is 0 Å². The number of fused-ring (bicyclic) bond motifs is 2. The van der Waals surface area contributed by atoms with Gasteiger partial charge >= 0.3 is 0 Å². The average Bonchev–Trinajstić information content (AvgIpc) is 3.82. The van der Waals surface area contributed by atoms with Crippen LogP contribution in [0.5, 0.6) is 5.75 Å². The molecule has 5 aliphatic rings. The van der Waals surface area contributed by atoms with Gasteiger partial charge in [0.25, 0.3) is 5.91 Å². The first-order chi connectivity index (χ1) is 26.8. The standard InChI is InChI=1S/C47H64N4O5/c1-28(2)42-41(27-52)56-51(43(42)46(54)49-40-24-36-23-39(29(40)3)47(36,4)5)26-33-15-12-16-38(44(33)55-8)34-20-35(22-37(21-34)50(6)7)45(53)48-25-30-17-18-32(19-30)31-13-10-9-11-14-31/h9-16,20-22,28-30,32,36,39-43,52H,17-19,23-27H2,1-8H3,(H,48,53)(H,49,54)/t29-,30-,32-,36+,39-,40-,41-,42-,43-/m0/s1. The number of methoxy groups -OCH3 is 1. The quantitative estimate of drug-likeness (QED) is 0.164. The number of ether oxygens (including phenoxy) is 1. The molecule has 2 bridgehead atoms. The van der Waals surface area contributed by atoms with Gasteiger partial charge in [0.15, 0.2) is 0 Å². The van der Waals surface area contributed by atoms with Crippen LogP contribution in [0, 0.1) is 40.9 Å². The predicted octanol–water partition coefficient (Wildman–Crippen LogP) is 7.68. The summed E-state index contributed by atoms with van der Waals surface area (Å²) in [4.78, 5) is 36.6. The van der Waals surface area contributed by atoms with Gasteiger partial charge in [0.05, 0.1) is 20.3 Å². The van der Waals surface area contributed by atoms with Crippen molar-refractivity contribution >= 4 is 17.5 Å². The molecule has 4 aliphatic carbocycles. The molecule has 4 saturated carbocycles. The Morgan fingerprint density at radius 3 is 2.45 bits per heavy atom. The summed E-state index contributed by atoms with van der Waals surface area (Å²) in [7, 11) is 5.62. The van der Waals surface area contributed by atoms with Crippen molar-refractivity contribution in [2.45, 2.75) is 97.4 Å². The molecule has 0 aromatic heterocycles. The summed E-state index contributed by atoms with van der Waals surface area (Å²) in [6.45, 7) is 12.0. The first-order valence-electron chi connectivity index (χ1n) is 21.0. The van der Waals surface area contributed by atoms with Crippen LogP contribution >= 0.6 is 0 Å². The van der Waals surface area contributed by atoms with Gasteiger partial charge in [-0.3, -0.25) is 14.4 Å². The van der Waals surface area contributed by atoms with Crippen molar-refractivity contribution in [1.82, 2.24) is 15.7 Å². The van der Waals surface area contributed by atoms with Gasteiger partial charge in [-0.05, 0) is 102 Å². The lowest BCUT2D eigenvalue weighted by Gasteiger charge is -2.62. The molecule has 5 fully saturated rings. The third kappa shape index (κ3) is 7.84. The molecule has 9 atom stereocenters. The van der Waals surface area contributed by atoms with Gasteiger partial charge < -0.3 is 25.4 Å². The number of benzene rings is 3. The minimum atomic E-state index is -0.575. The number of hydroxylamine groups is 2. The molecule has 9 heteroatoms. The average molecular weight is 765 g/mol. The van der Waals surface area contributed by atoms with Crippen LogP contribution in [-0.4, -0.2) is 74.5 Å². The fourth-order valence-electron chi connectivity index (χ4n) is 10.8. The van der Waals surface area contributed by atoms with E-state index in [2.05, 4.69) is 81.7 Å². The highest BCUT2D eigenvalue weighted by atomic mass is 16.7. The highest BCUT2D eigenvalue weighted by Crippen LogP contribution is 2.61. The number of hydrogen-bond acceptors (Lipinski definition) is 7. The monoisotopic (exact) mass is 764 g/mol. The van der Waals surface area contributed by atoms with E-state index in [1.165, 1.54) is 12.0 Å². The van der Waals surface area contributed by atoms with Crippen LogP contribution in [0.4, 0.5) is 5.69 Å². The molecule has 1 saturated heterocycles. The van der Waals surface area contributed by atoms with Crippen LogP contribution in [0.15, 0.2) is 66.7 Å². The molecule has 56 heavy (non-hydrogen) atoms. The Morgan fingerprint density at radius 2 is 1.79 bits per heavy atom. The molecule has 9 nitrogen and oxygen atoms in total. The Morgan fingerprint density at radius 1 is 1.02 bits per heavy atom. The molecule has 0 spiro atoms. The van der Waals surface area contributed by atoms with Crippen molar-refractivity contribution in [1.29, 1.82) is 0 Å². The van der Waals surface area contributed by atoms with E-state index in [9.17, 15) is 14.7 Å². The maximum absolute atomic E-state index is 14.4. The minimum Gasteiger partial charge on any atom is -0.496 e. The smallest absolute Gasteiger partial charge is 0.251 e. The SMILES string of the molecule is COc1c(CN2O[C@@H](CO)[C@H](C(C)C)[C@H]2C(=O)N[C@H]2C[C@H]3C[C@@H]([C@@H]2C)C3(C)C)cccc1-c1cc(C(=O)NC[C@H]2CC[C@H](c3ccccc3)C2)cc(N(C)C)c1. The van der Waals surface area contributed by atoms with Crippen molar-refractivity contribution in [2.24, 2.45) is 40.9 Å². The van der Waals surface area contributed by atoms with E-state index < -0.39 is 12.1 Å². The van der Waals surface area contributed by atoms with Crippen molar-refractivity contribution in [3.05, 3.63) is 83.4 Å². The van der Waals surface area contributed by atoms with Crippen LogP contribution in [0.3, 0.4) is 0 Å². The molecule has 3 aromatic carbocycles. The lowest BCUT2D eigenvalue weighted by molar-refractivity contribution is -0.183. The summed E-state index contributed by atoms with van der Waals surface area (Å²) >= 11 is 0. The number of nitrogens with one attached hydrogen (secondary N) is 2. The van der Waals surface area contributed by atoms with Crippen LogP contribution < -0.4 is 20.3 Å². The number of amides is 2. The van der Waals surface area contributed by atoms with Gasteiger partial charge in [0.2, 0.25) is 5.91 Å². The van der Waals surface area contributed by atoms with Crippen molar-refractivity contribution < 1.29 is 24.3 Å². The molecular weight excluding hydrogens is 701 g/mol. The summed E-state index contributed by atoms with van der Waals surface area (Å²) in [6.07, 6.45) is 5.07. The van der Waals surface area contributed by atoms with E-state index in [0.29, 0.717) is 59.4 Å². The zero-order valence-electron chi connectivity index (χ0n) is 34.8. The lowest BCUT2D eigenvalue weighted by Crippen LogP contribution is -2.62. The summed E-state index contributed by atoms with van der Waals surface area (Å²) in [6, 6.07) is 22.2. The number of carbonyl (C=O) groups excluding carboxylic acids is 2. The number of aliphatic hydroxyl groups excluding tert-OH is 1. The maximum Gasteiger partial charge on any atom is 0.251 e. The van der Waals surface area contributed by atoms with E-state index >= 15 is 0 Å². The third-order valence-electron chi connectivity index (χ3n) is 14.3. The zero-order valence-corrected chi connectivity index (χ0v) is 34.8. The molecule has 1 aliphatic heterocycles. The van der Waals surface area contributed by atoms with Gasteiger partial charge in [-0.2, -0.15) is 5.06 Å². The van der Waals surface area contributed by atoms with Gasteiger partial charge in [-0.15, -0.1) is 0 Å². The molecule has 1 heterocycles. The Hall–Kier alpha value is -3.92. The number of aliphatic hydroxyl groups is 1. The second-order valence-corrected chi connectivity index (χ2v) is 18.4. The number of anilines is 1. The Kier molecular flexibility index (Phi) is 11.9. The third-order valence-corrected chi connectivity index (χ3v) is 14.3. The predicted molar refractivity (Wildman–Crippen MR) is 222 cm³/mol. The molecule has 3 aromatic rings. The fraction of sp³-hybridized carbons (Fsp3) is 0.574. The summed E-state index contributed by atoms with van der Waals surface area (Å²) in [5, 5.41) is 19.0. The first kappa shape index (κ1) is 40.3. The maximum atomic E-state index is 14.4. The molecule has 302 valence electrons. The Bertz CT molecular complexity index is 1860. The van der Waals surface area contributed by atoms with Crippen molar-refractivity contribution in [3.63, 3.8) is 0 Å². The van der Waals surface area contributed by atoms with Gasteiger partial charge in [0.1, 0.15) is 17.9 Å². The highest BCUT2D eigenvalue weighted by molar-refractivity contribution is 5.97. The second-order valence-electron chi connectivity index (χ2n) is 18.4. The van der Waals surface area contributed by atoms with E-state index in [-0.39, 0.29) is 36.3 Å². The van der Waals surface area contributed by atoms with E-state index in [0.717, 1.165) is 48.1 Å². The van der Waals surface area contributed by atoms with Crippen LogP contribution in [-0.2, 0) is 16.2 Å². The highest BCUT2D eigenvalue weighted by Gasteiger charge is 2.57. The van der Waals surface area contributed by atoms with Gasteiger partial charge in [-0.1, -0.05) is 83.1 Å². The molecule has 3 N–H and O–H groups in total. The number of para-hydroxylation sites is 1. The fourth-order valence-corrected chi connectivity index (χ4v) is 10.8.